The molecule has 0 saturated heterocycles. The molecule has 0 aliphatic rings. The quantitative estimate of drug-likeness (QED) is 0.494. The molecule has 0 spiro atoms. The van der Waals surface area contributed by atoms with Crippen LogP contribution in [0.2, 0.25) is 0 Å². The number of carboxylic acid groups (broad SMARTS) is 2. The summed E-state index contributed by atoms with van der Waals surface area (Å²) < 4.78 is 4.47. The van der Waals surface area contributed by atoms with Gasteiger partial charge in [-0.15, -0.1) is 0 Å². The van der Waals surface area contributed by atoms with E-state index in [0.29, 0.717) is 0 Å². The lowest BCUT2D eigenvalue weighted by atomic mass is 10.1. The maximum atomic E-state index is 10.2. The summed E-state index contributed by atoms with van der Waals surface area (Å²) in [4.78, 5) is 20.3. The highest BCUT2D eigenvalue weighted by atomic mass is 16.5. The maximum Gasteiger partial charge on any atom is 0.335 e. The van der Waals surface area contributed by atoms with Crippen LogP contribution in [0.5, 0.6) is 0 Å². The normalized spacial score (nSPS) is 15.2. The van der Waals surface area contributed by atoms with Gasteiger partial charge in [0.25, 0.3) is 0 Å². The number of hydrogen-bond acceptors (Lipinski definition) is 4. The van der Waals surface area contributed by atoms with Crippen molar-refractivity contribution < 1.29 is 29.6 Å². The van der Waals surface area contributed by atoms with Gasteiger partial charge in [-0.05, 0) is 0 Å². The first-order valence-corrected chi connectivity index (χ1v) is 3.14. The second-order valence-electron chi connectivity index (χ2n) is 2.16. The molecule has 0 aliphatic heterocycles. The van der Waals surface area contributed by atoms with Crippen molar-refractivity contribution in [1.29, 1.82) is 0 Å². The molecule has 2 atom stereocenters. The van der Waals surface area contributed by atoms with E-state index in [1.54, 1.807) is 0 Å². The first-order valence-electron chi connectivity index (χ1n) is 3.14. The molecule has 0 amide bonds. The monoisotopic (exact) mass is 178 g/mol. The fourth-order valence-corrected chi connectivity index (χ4v) is 0.655. The van der Waals surface area contributed by atoms with Crippen molar-refractivity contribution in [3.8, 4) is 0 Å². The lowest BCUT2D eigenvalue weighted by molar-refractivity contribution is -0.157. The predicted molar refractivity (Wildman–Crippen MR) is 36.7 cm³/mol. The molecule has 0 aromatic carbocycles. The fraction of sp³-hybridized carbons (Fsp3) is 0.667. The van der Waals surface area contributed by atoms with Crippen LogP contribution >= 0.6 is 0 Å². The van der Waals surface area contributed by atoms with E-state index in [4.69, 9.17) is 15.3 Å². The second-order valence-corrected chi connectivity index (χ2v) is 2.16. The average Bonchev–Trinajstić information content (AvgIpc) is 1.98. The Balaban J connectivity index is 4.14. The molecular weight excluding hydrogens is 168 g/mol. The first kappa shape index (κ1) is 10.9. The van der Waals surface area contributed by atoms with Crippen molar-refractivity contribution in [2.75, 3.05) is 7.11 Å². The molecule has 6 heteroatoms. The summed E-state index contributed by atoms with van der Waals surface area (Å²) in [6, 6.07) is 0. The highest BCUT2D eigenvalue weighted by Gasteiger charge is 2.27. The molecule has 0 bridgehead atoms. The standard InChI is InChI=1S/C6H10O6/c1-12-3(2-4(7)8)5(9)6(10)11/h3,5,9H,2H2,1H3,(H,7,8)(H,10,11)/t3-,5+/m1/s1. The van der Waals surface area contributed by atoms with Crippen LogP contribution in [-0.4, -0.2) is 46.6 Å². The van der Waals surface area contributed by atoms with Crippen LogP contribution in [0.1, 0.15) is 6.42 Å². The molecular formula is C6H10O6. The van der Waals surface area contributed by atoms with E-state index in [9.17, 15) is 9.59 Å². The Morgan fingerprint density at radius 1 is 1.42 bits per heavy atom. The van der Waals surface area contributed by atoms with Crippen molar-refractivity contribution in [2.45, 2.75) is 18.6 Å². The zero-order valence-electron chi connectivity index (χ0n) is 6.43. The number of aliphatic hydroxyl groups excluding tert-OH is 1. The van der Waals surface area contributed by atoms with E-state index in [1.807, 2.05) is 0 Å². The van der Waals surface area contributed by atoms with Crippen LogP contribution in [0.4, 0.5) is 0 Å². The number of carboxylic acids is 2. The van der Waals surface area contributed by atoms with Crippen molar-refractivity contribution >= 4 is 11.9 Å². The molecule has 0 aromatic heterocycles. The van der Waals surface area contributed by atoms with E-state index in [2.05, 4.69) is 4.74 Å². The third kappa shape index (κ3) is 3.31. The van der Waals surface area contributed by atoms with E-state index >= 15 is 0 Å². The number of methoxy groups -OCH3 is 1. The molecule has 0 rings (SSSR count). The molecule has 6 nitrogen and oxygen atoms in total. The van der Waals surface area contributed by atoms with Crippen LogP contribution in [0.25, 0.3) is 0 Å². The summed E-state index contributed by atoms with van der Waals surface area (Å²) in [5.74, 6) is -2.72. The minimum atomic E-state index is -1.80. The first-order chi connectivity index (χ1) is 5.49. The number of hydrogen-bond donors (Lipinski definition) is 3. The van der Waals surface area contributed by atoms with Crippen LogP contribution in [0.3, 0.4) is 0 Å². The minimum absolute atomic E-state index is 0.538. The topological polar surface area (TPSA) is 104 Å². The zero-order chi connectivity index (χ0) is 9.72. The summed E-state index contributed by atoms with van der Waals surface area (Å²) in [5.41, 5.74) is 0. The molecule has 0 radical (unpaired) electrons. The van der Waals surface area contributed by atoms with Crippen LogP contribution in [0, 0.1) is 0 Å². The van der Waals surface area contributed by atoms with Gasteiger partial charge >= 0.3 is 11.9 Å². The molecule has 70 valence electrons. The number of ether oxygens (including phenoxy) is 1. The van der Waals surface area contributed by atoms with Crippen molar-refractivity contribution in [2.24, 2.45) is 0 Å². The van der Waals surface area contributed by atoms with Gasteiger partial charge in [-0.1, -0.05) is 0 Å². The minimum Gasteiger partial charge on any atom is -0.481 e. The van der Waals surface area contributed by atoms with Gasteiger partial charge < -0.3 is 20.1 Å². The SMILES string of the molecule is CO[C@H](CC(=O)O)[C@H](O)C(=O)O. The van der Waals surface area contributed by atoms with Crippen molar-refractivity contribution in [3.63, 3.8) is 0 Å². The van der Waals surface area contributed by atoms with E-state index < -0.39 is 30.6 Å². The average molecular weight is 178 g/mol. The Morgan fingerprint density at radius 2 is 1.92 bits per heavy atom. The van der Waals surface area contributed by atoms with Gasteiger partial charge in [0, 0.05) is 7.11 Å². The van der Waals surface area contributed by atoms with Crippen LogP contribution < -0.4 is 0 Å². The Morgan fingerprint density at radius 3 is 2.17 bits per heavy atom. The number of aliphatic carboxylic acids is 2. The van der Waals surface area contributed by atoms with Crippen molar-refractivity contribution in [3.05, 3.63) is 0 Å². The molecule has 0 heterocycles. The lowest BCUT2D eigenvalue weighted by Gasteiger charge is -2.15. The number of aliphatic hydroxyl groups is 1. The Kier molecular flexibility index (Phi) is 4.24. The van der Waals surface area contributed by atoms with E-state index in [1.165, 1.54) is 0 Å². The number of carbonyl (C=O) groups is 2. The Hall–Kier alpha value is -1.14. The second kappa shape index (κ2) is 4.68. The fourth-order valence-electron chi connectivity index (χ4n) is 0.655. The van der Waals surface area contributed by atoms with E-state index in [0.717, 1.165) is 7.11 Å². The smallest absolute Gasteiger partial charge is 0.335 e. The van der Waals surface area contributed by atoms with Gasteiger partial charge in [0.2, 0.25) is 0 Å². The molecule has 0 unspecified atom stereocenters. The van der Waals surface area contributed by atoms with E-state index in [-0.39, 0.29) is 0 Å². The number of rotatable bonds is 5. The predicted octanol–water partition coefficient (Wildman–Crippen LogP) is -1.08. The molecule has 0 saturated carbocycles. The molecule has 0 fully saturated rings. The summed E-state index contributed by atoms with van der Waals surface area (Å²) in [6.45, 7) is 0. The van der Waals surface area contributed by atoms with Gasteiger partial charge in [0.05, 0.1) is 6.42 Å². The lowest BCUT2D eigenvalue weighted by Crippen LogP contribution is -2.36. The highest BCUT2D eigenvalue weighted by Crippen LogP contribution is 2.03. The maximum absolute atomic E-state index is 10.2. The van der Waals surface area contributed by atoms with Crippen LogP contribution in [-0.2, 0) is 14.3 Å². The molecule has 0 aliphatic carbocycles. The summed E-state index contributed by atoms with van der Waals surface area (Å²) in [6.07, 6.45) is -3.55. The van der Waals surface area contributed by atoms with Gasteiger partial charge in [-0.2, -0.15) is 0 Å². The Labute approximate surface area is 68.4 Å². The summed E-state index contributed by atoms with van der Waals surface area (Å²) in [5, 5.41) is 25.4. The van der Waals surface area contributed by atoms with Crippen LogP contribution in [0.15, 0.2) is 0 Å². The molecule has 3 N–H and O–H groups in total. The van der Waals surface area contributed by atoms with Gasteiger partial charge in [0.15, 0.2) is 6.10 Å². The summed E-state index contributed by atoms with van der Waals surface area (Å²) in [7, 11) is 1.14. The molecule has 12 heavy (non-hydrogen) atoms. The molecule has 0 aromatic rings. The third-order valence-corrected chi connectivity index (χ3v) is 1.28. The Bertz CT molecular complexity index is 177. The summed E-state index contributed by atoms with van der Waals surface area (Å²) >= 11 is 0. The van der Waals surface area contributed by atoms with Crippen molar-refractivity contribution in [1.82, 2.24) is 0 Å². The third-order valence-electron chi connectivity index (χ3n) is 1.28. The zero-order valence-corrected chi connectivity index (χ0v) is 6.43. The highest BCUT2D eigenvalue weighted by molar-refractivity contribution is 5.75. The van der Waals surface area contributed by atoms with Gasteiger partial charge in [0.1, 0.15) is 6.10 Å². The van der Waals surface area contributed by atoms with Gasteiger partial charge in [-0.25, -0.2) is 4.79 Å². The largest absolute Gasteiger partial charge is 0.481 e. The van der Waals surface area contributed by atoms with Gasteiger partial charge in [-0.3, -0.25) is 4.79 Å².